The minimum absolute atomic E-state index is 0. The summed E-state index contributed by atoms with van der Waals surface area (Å²) >= 11 is 0. The Bertz CT molecular complexity index is 318. The molecule has 0 aliphatic rings. The van der Waals surface area contributed by atoms with Gasteiger partial charge in [0.15, 0.2) is 0 Å². The summed E-state index contributed by atoms with van der Waals surface area (Å²) in [5, 5.41) is 17.7. The summed E-state index contributed by atoms with van der Waals surface area (Å²) < 4.78 is 0. The average Bonchev–Trinajstić information content (AvgIpc) is 2.19. The summed E-state index contributed by atoms with van der Waals surface area (Å²) in [6, 6.07) is 8.99. The van der Waals surface area contributed by atoms with E-state index >= 15 is 0 Å². The number of benzene rings is 1. The fourth-order valence-corrected chi connectivity index (χ4v) is 1.16. The van der Waals surface area contributed by atoms with Crippen molar-refractivity contribution >= 4 is 18.4 Å². The fourth-order valence-electron chi connectivity index (χ4n) is 1.16. The Hall–Kier alpha value is -1.10. The molecule has 0 heterocycles. The third-order valence-corrected chi connectivity index (χ3v) is 2.07. The van der Waals surface area contributed by atoms with Gasteiger partial charge in [-0.3, -0.25) is 4.79 Å². The number of carbonyl (C=O) groups is 1. The summed E-state index contributed by atoms with van der Waals surface area (Å²) in [7, 11) is 0. The number of carboxylic acids is 1. The van der Waals surface area contributed by atoms with Gasteiger partial charge in [-0.1, -0.05) is 30.3 Å². The van der Waals surface area contributed by atoms with Crippen molar-refractivity contribution in [2.45, 2.75) is 12.0 Å². The molecular formula is C10H14ClNO3. The summed E-state index contributed by atoms with van der Waals surface area (Å²) in [5.41, 5.74) is 4.74. The monoisotopic (exact) mass is 231 g/mol. The van der Waals surface area contributed by atoms with Crippen LogP contribution in [0.25, 0.3) is 0 Å². The number of nitrogens with two attached hydrogens (primary N) is 1. The molecule has 1 aromatic carbocycles. The second kappa shape index (κ2) is 5.70. The van der Waals surface area contributed by atoms with Gasteiger partial charge < -0.3 is 15.9 Å². The largest absolute Gasteiger partial charge is 0.480 e. The van der Waals surface area contributed by atoms with Crippen LogP contribution in [-0.2, 0) is 11.2 Å². The molecule has 84 valence electrons. The standard InChI is InChI=1S/C10H13NO3.ClH/c11-10(7-12,9(13)14)6-8-4-2-1-3-5-8;/h1-5,12H,6-7,11H2,(H,13,14);1H/t10-;/m0./s1. The predicted octanol–water partition coefficient (Wildman–Crippen LogP) is 0.425. The van der Waals surface area contributed by atoms with E-state index in [1.54, 1.807) is 24.3 Å². The molecule has 0 saturated heterocycles. The van der Waals surface area contributed by atoms with E-state index < -0.39 is 18.1 Å². The fraction of sp³-hybridized carbons (Fsp3) is 0.300. The Morgan fingerprint density at radius 1 is 1.33 bits per heavy atom. The van der Waals surface area contributed by atoms with Crippen molar-refractivity contribution in [3.05, 3.63) is 35.9 Å². The van der Waals surface area contributed by atoms with Gasteiger partial charge in [-0.25, -0.2) is 0 Å². The lowest BCUT2D eigenvalue weighted by Gasteiger charge is -2.21. The van der Waals surface area contributed by atoms with E-state index in [1.165, 1.54) is 0 Å². The predicted molar refractivity (Wildman–Crippen MR) is 59.0 cm³/mol. The molecule has 4 nitrogen and oxygen atoms in total. The van der Waals surface area contributed by atoms with Crippen molar-refractivity contribution in [1.29, 1.82) is 0 Å². The number of aliphatic hydroxyl groups is 1. The van der Waals surface area contributed by atoms with Crippen LogP contribution in [0.4, 0.5) is 0 Å². The molecule has 0 radical (unpaired) electrons. The van der Waals surface area contributed by atoms with E-state index in [0.29, 0.717) is 0 Å². The summed E-state index contributed by atoms with van der Waals surface area (Å²) in [5.74, 6) is -1.19. The van der Waals surface area contributed by atoms with Gasteiger partial charge in [0.25, 0.3) is 0 Å². The van der Waals surface area contributed by atoms with Crippen molar-refractivity contribution in [1.82, 2.24) is 0 Å². The van der Waals surface area contributed by atoms with Gasteiger partial charge in [0.2, 0.25) is 0 Å². The van der Waals surface area contributed by atoms with Crippen LogP contribution in [0, 0.1) is 0 Å². The Balaban J connectivity index is 0.00000196. The number of carboxylic acid groups (broad SMARTS) is 1. The molecule has 0 spiro atoms. The molecule has 5 heteroatoms. The highest BCUT2D eigenvalue weighted by atomic mass is 35.5. The Morgan fingerprint density at radius 3 is 2.27 bits per heavy atom. The van der Waals surface area contributed by atoms with Crippen molar-refractivity contribution in [2.24, 2.45) is 5.73 Å². The van der Waals surface area contributed by atoms with Gasteiger partial charge >= 0.3 is 5.97 Å². The maximum Gasteiger partial charge on any atom is 0.326 e. The smallest absolute Gasteiger partial charge is 0.326 e. The molecule has 0 unspecified atom stereocenters. The van der Waals surface area contributed by atoms with Crippen LogP contribution in [-0.4, -0.2) is 28.3 Å². The normalized spacial score (nSPS) is 13.7. The van der Waals surface area contributed by atoms with Crippen LogP contribution in [0.1, 0.15) is 5.56 Å². The number of hydrogen-bond donors (Lipinski definition) is 3. The molecule has 1 aromatic rings. The molecular weight excluding hydrogens is 218 g/mol. The van der Waals surface area contributed by atoms with Gasteiger partial charge in [0, 0.05) is 6.42 Å². The lowest BCUT2D eigenvalue weighted by molar-refractivity contribution is -0.144. The highest BCUT2D eigenvalue weighted by Crippen LogP contribution is 2.10. The Kier molecular flexibility index (Phi) is 5.28. The first-order valence-corrected chi connectivity index (χ1v) is 4.25. The van der Waals surface area contributed by atoms with E-state index in [1.807, 2.05) is 6.07 Å². The summed E-state index contributed by atoms with van der Waals surface area (Å²) in [6.45, 7) is -0.572. The number of aliphatic carboxylic acids is 1. The molecule has 0 saturated carbocycles. The summed E-state index contributed by atoms with van der Waals surface area (Å²) in [4.78, 5) is 10.8. The van der Waals surface area contributed by atoms with E-state index in [9.17, 15) is 4.79 Å². The third kappa shape index (κ3) is 3.51. The van der Waals surface area contributed by atoms with Crippen LogP contribution < -0.4 is 5.73 Å². The van der Waals surface area contributed by atoms with Crippen molar-refractivity contribution in [3.63, 3.8) is 0 Å². The van der Waals surface area contributed by atoms with Gasteiger partial charge in [-0.15, -0.1) is 12.4 Å². The van der Waals surface area contributed by atoms with Crippen LogP contribution >= 0.6 is 12.4 Å². The molecule has 0 amide bonds. The zero-order chi connectivity index (χ0) is 10.6. The molecule has 4 N–H and O–H groups in total. The molecule has 0 bridgehead atoms. The number of hydrogen-bond acceptors (Lipinski definition) is 3. The molecule has 0 aromatic heterocycles. The SMILES string of the molecule is Cl.N[C@](CO)(Cc1ccccc1)C(=O)O. The van der Waals surface area contributed by atoms with Crippen molar-refractivity contribution in [2.75, 3.05) is 6.61 Å². The first-order chi connectivity index (χ1) is 6.58. The summed E-state index contributed by atoms with van der Waals surface area (Å²) in [6.07, 6.45) is 0.125. The van der Waals surface area contributed by atoms with Crippen LogP contribution in [0.3, 0.4) is 0 Å². The highest BCUT2D eigenvalue weighted by molar-refractivity contribution is 5.85. The van der Waals surface area contributed by atoms with Crippen LogP contribution in [0.5, 0.6) is 0 Å². The second-order valence-electron chi connectivity index (χ2n) is 3.28. The Labute approximate surface area is 94.1 Å². The Morgan fingerprint density at radius 2 is 1.87 bits per heavy atom. The minimum Gasteiger partial charge on any atom is -0.480 e. The molecule has 1 rings (SSSR count). The third-order valence-electron chi connectivity index (χ3n) is 2.07. The zero-order valence-electron chi connectivity index (χ0n) is 8.09. The number of aliphatic hydroxyl groups excluding tert-OH is 1. The topological polar surface area (TPSA) is 83.5 Å². The second-order valence-corrected chi connectivity index (χ2v) is 3.28. The average molecular weight is 232 g/mol. The van der Waals surface area contributed by atoms with Gasteiger partial charge in [0.1, 0.15) is 5.54 Å². The van der Waals surface area contributed by atoms with Gasteiger partial charge in [-0.2, -0.15) is 0 Å². The molecule has 0 aliphatic carbocycles. The van der Waals surface area contributed by atoms with E-state index in [-0.39, 0.29) is 18.8 Å². The highest BCUT2D eigenvalue weighted by Gasteiger charge is 2.33. The maximum atomic E-state index is 10.8. The van der Waals surface area contributed by atoms with Gasteiger partial charge in [-0.05, 0) is 5.56 Å². The molecule has 0 fully saturated rings. The van der Waals surface area contributed by atoms with Gasteiger partial charge in [0.05, 0.1) is 6.61 Å². The van der Waals surface area contributed by atoms with Crippen LogP contribution in [0.2, 0.25) is 0 Å². The van der Waals surface area contributed by atoms with E-state index in [4.69, 9.17) is 15.9 Å². The quantitative estimate of drug-likeness (QED) is 0.702. The van der Waals surface area contributed by atoms with Crippen molar-refractivity contribution in [3.8, 4) is 0 Å². The molecule has 1 atom stereocenters. The number of halogens is 1. The van der Waals surface area contributed by atoms with E-state index in [2.05, 4.69) is 0 Å². The molecule has 15 heavy (non-hydrogen) atoms. The lowest BCUT2D eigenvalue weighted by Crippen LogP contribution is -2.53. The van der Waals surface area contributed by atoms with Crippen LogP contribution in [0.15, 0.2) is 30.3 Å². The minimum atomic E-state index is -1.58. The zero-order valence-corrected chi connectivity index (χ0v) is 8.91. The number of rotatable bonds is 4. The lowest BCUT2D eigenvalue weighted by atomic mass is 9.93. The first kappa shape index (κ1) is 13.9. The maximum absolute atomic E-state index is 10.8. The van der Waals surface area contributed by atoms with E-state index in [0.717, 1.165) is 5.56 Å². The molecule has 0 aliphatic heterocycles. The first-order valence-electron chi connectivity index (χ1n) is 4.25. The van der Waals surface area contributed by atoms with Crippen molar-refractivity contribution < 1.29 is 15.0 Å².